The first-order chi connectivity index (χ1) is 9.16. The van der Waals surface area contributed by atoms with Gasteiger partial charge >= 0.3 is 11.8 Å². The molecule has 0 spiro atoms. The standard InChI is InChI=1S/C12H17N5O3/c1-12(2,3)17(11(19)20)8(6-13)7-16-5-4-9(14)15-10(16)18/h4-5,8H,7H2,1-3H3,(H,19,20)(H2,14,15,18). The first-order valence-corrected chi connectivity index (χ1v) is 5.91. The number of hydrogen-bond donors (Lipinski definition) is 2. The van der Waals surface area contributed by atoms with Gasteiger partial charge in [-0.05, 0) is 26.8 Å². The molecule has 1 unspecified atom stereocenters. The van der Waals surface area contributed by atoms with Gasteiger partial charge in [0.15, 0.2) is 0 Å². The van der Waals surface area contributed by atoms with Crippen LogP contribution in [-0.4, -0.2) is 37.2 Å². The number of aromatic nitrogens is 2. The van der Waals surface area contributed by atoms with Crippen molar-refractivity contribution in [1.82, 2.24) is 14.5 Å². The number of hydrogen-bond acceptors (Lipinski definition) is 5. The number of carbonyl (C=O) groups is 1. The molecule has 0 radical (unpaired) electrons. The highest BCUT2D eigenvalue weighted by atomic mass is 16.4. The second-order valence-electron chi connectivity index (χ2n) is 5.26. The number of rotatable bonds is 3. The summed E-state index contributed by atoms with van der Waals surface area (Å²) in [5, 5.41) is 18.5. The maximum Gasteiger partial charge on any atom is 0.408 e. The van der Waals surface area contributed by atoms with Gasteiger partial charge in [0.25, 0.3) is 0 Å². The van der Waals surface area contributed by atoms with Gasteiger partial charge in [-0.15, -0.1) is 0 Å². The zero-order valence-electron chi connectivity index (χ0n) is 11.6. The third kappa shape index (κ3) is 3.47. The Hall–Kier alpha value is -2.56. The summed E-state index contributed by atoms with van der Waals surface area (Å²) in [5.41, 5.74) is 3.99. The summed E-state index contributed by atoms with van der Waals surface area (Å²) in [6.07, 6.45) is 0.165. The molecule has 1 heterocycles. The van der Waals surface area contributed by atoms with Crippen molar-refractivity contribution < 1.29 is 9.90 Å². The Bertz CT molecular complexity index is 596. The lowest BCUT2D eigenvalue weighted by Crippen LogP contribution is -2.52. The predicted octanol–water partition coefficient (Wildman–Crippen LogP) is 0.496. The van der Waals surface area contributed by atoms with E-state index in [-0.39, 0.29) is 12.4 Å². The van der Waals surface area contributed by atoms with Crippen molar-refractivity contribution in [1.29, 1.82) is 5.26 Å². The predicted molar refractivity (Wildman–Crippen MR) is 71.9 cm³/mol. The third-order valence-corrected chi connectivity index (χ3v) is 2.65. The van der Waals surface area contributed by atoms with E-state index in [2.05, 4.69) is 4.98 Å². The molecule has 0 aliphatic heterocycles. The Morgan fingerprint density at radius 3 is 2.65 bits per heavy atom. The number of nitrogens with zero attached hydrogens (tertiary/aromatic N) is 4. The highest BCUT2D eigenvalue weighted by Gasteiger charge is 2.33. The summed E-state index contributed by atoms with van der Waals surface area (Å²) in [7, 11) is 0. The molecule has 1 atom stereocenters. The van der Waals surface area contributed by atoms with Gasteiger partial charge in [-0.3, -0.25) is 9.47 Å². The molecule has 1 amide bonds. The molecular weight excluding hydrogens is 262 g/mol. The van der Waals surface area contributed by atoms with Crippen molar-refractivity contribution in [2.75, 3.05) is 5.73 Å². The largest absolute Gasteiger partial charge is 0.465 e. The van der Waals surface area contributed by atoms with Gasteiger partial charge in [-0.2, -0.15) is 10.2 Å². The van der Waals surface area contributed by atoms with Crippen molar-refractivity contribution in [2.24, 2.45) is 0 Å². The lowest BCUT2D eigenvalue weighted by Gasteiger charge is -2.36. The Morgan fingerprint density at radius 1 is 1.65 bits per heavy atom. The van der Waals surface area contributed by atoms with E-state index in [0.717, 1.165) is 9.47 Å². The van der Waals surface area contributed by atoms with E-state index in [1.165, 1.54) is 12.3 Å². The summed E-state index contributed by atoms with van der Waals surface area (Å²) < 4.78 is 1.16. The topological polar surface area (TPSA) is 125 Å². The number of carboxylic acid groups (broad SMARTS) is 1. The van der Waals surface area contributed by atoms with Gasteiger partial charge < -0.3 is 10.8 Å². The van der Waals surface area contributed by atoms with Crippen LogP contribution in [0.25, 0.3) is 0 Å². The molecule has 1 aromatic heterocycles. The highest BCUT2D eigenvalue weighted by Crippen LogP contribution is 2.18. The molecule has 0 bridgehead atoms. The smallest absolute Gasteiger partial charge is 0.408 e. The van der Waals surface area contributed by atoms with Crippen LogP contribution >= 0.6 is 0 Å². The van der Waals surface area contributed by atoms with Crippen molar-refractivity contribution in [3.63, 3.8) is 0 Å². The van der Waals surface area contributed by atoms with E-state index >= 15 is 0 Å². The molecule has 108 valence electrons. The zero-order chi connectivity index (χ0) is 15.5. The van der Waals surface area contributed by atoms with Crippen LogP contribution in [0.4, 0.5) is 10.6 Å². The van der Waals surface area contributed by atoms with Gasteiger partial charge in [0.05, 0.1) is 12.6 Å². The number of nitrogens with two attached hydrogens (primary N) is 1. The van der Waals surface area contributed by atoms with Gasteiger partial charge in [0.2, 0.25) is 0 Å². The van der Waals surface area contributed by atoms with Crippen LogP contribution < -0.4 is 11.4 Å². The second kappa shape index (κ2) is 5.61. The fourth-order valence-electron chi connectivity index (χ4n) is 1.84. The molecule has 8 heteroatoms. The van der Waals surface area contributed by atoms with Crippen molar-refractivity contribution in [3.05, 3.63) is 22.7 Å². The Labute approximate surface area is 116 Å². The van der Waals surface area contributed by atoms with E-state index in [1.807, 2.05) is 6.07 Å². The van der Waals surface area contributed by atoms with E-state index in [0.29, 0.717) is 0 Å². The molecule has 1 aromatic rings. The third-order valence-electron chi connectivity index (χ3n) is 2.65. The van der Waals surface area contributed by atoms with Crippen LogP contribution in [-0.2, 0) is 6.54 Å². The van der Waals surface area contributed by atoms with Crippen LogP contribution in [0, 0.1) is 11.3 Å². The summed E-state index contributed by atoms with van der Waals surface area (Å²) in [6, 6.07) is 2.32. The highest BCUT2D eigenvalue weighted by molar-refractivity contribution is 5.67. The van der Waals surface area contributed by atoms with Crippen LogP contribution in [0.3, 0.4) is 0 Å². The number of anilines is 1. The molecule has 8 nitrogen and oxygen atoms in total. The van der Waals surface area contributed by atoms with Crippen LogP contribution in [0.1, 0.15) is 20.8 Å². The van der Waals surface area contributed by atoms with Crippen LogP contribution in [0.15, 0.2) is 17.1 Å². The minimum absolute atomic E-state index is 0.0747. The molecule has 3 N–H and O–H groups in total. The number of amides is 1. The summed E-state index contributed by atoms with van der Waals surface area (Å²) in [6.45, 7) is 4.92. The maximum absolute atomic E-state index is 11.6. The lowest BCUT2D eigenvalue weighted by atomic mass is 10.0. The van der Waals surface area contributed by atoms with Crippen molar-refractivity contribution in [2.45, 2.75) is 38.9 Å². The molecule has 0 aliphatic rings. The van der Waals surface area contributed by atoms with Crippen molar-refractivity contribution in [3.8, 4) is 6.07 Å². The SMILES string of the molecule is CC(C)(C)N(C(=O)O)C(C#N)Cn1ccc(N)nc1=O. The van der Waals surface area contributed by atoms with E-state index in [9.17, 15) is 20.0 Å². The van der Waals surface area contributed by atoms with Gasteiger partial charge in [-0.1, -0.05) is 0 Å². The fourth-order valence-corrected chi connectivity index (χ4v) is 1.84. The first-order valence-electron chi connectivity index (χ1n) is 5.91. The summed E-state index contributed by atoms with van der Waals surface area (Å²) in [5.74, 6) is 0.0747. The van der Waals surface area contributed by atoms with E-state index < -0.39 is 23.4 Å². The molecule has 0 saturated heterocycles. The number of nitrogen functional groups attached to an aromatic ring is 1. The van der Waals surface area contributed by atoms with E-state index in [4.69, 9.17) is 5.73 Å². The number of nitriles is 1. The Morgan fingerprint density at radius 2 is 2.25 bits per heavy atom. The van der Waals surface area contributed by atoms with E-state index in [1.54, 1.807) is 20.8 Å². The van der Waals surface area contributed by atoms with Gasteiger partial charge in [0.1, 0.15) is 11.9 Å². The molecule has 0 fully saturated rings. The summed E-state index contributed by atoms with van der Waals surface area (Å²) >= 11 is 0. The Balaban J connectivity index is 3.11. The molecule has 1 rings (SSSR count). The zero-order valence-corrected chi connectivity index (χ0v) is 11.6. The monoisotopic (exact) mass is 279 g/mol. The molecule has 0 saturated carbocycles. The normalized spacial score (nSPS) is 12.5. The second-order valence-corrected chi connectivity index (χ2v) is 5.26. The molecule has 20 heavy (non-hydrogen) atoms. The fraction of sp³-hybridized carbons (Fsp3) is 0.500. The molecular formula is C12H17N5O3. The lowest BCUT2D eigenvalue weighted by molar-refractivity contribution is 0.0800. The van der Waals surface area contributed by atoms with Crippen molar-refractivity contribution >= 4 is 11.9 Å². The minimum Gasteiger partial charge on any atom is -0.465 e. The average Bonchev–Trinajstić information content (AvgIpc) is 2.29. The quantitative estimate of drug-likeness (QED) is 0.829. The minimum atomic E-state index is -1.22. The molecule has 0 aliphatic carbocycles. The Kier molecular flexibility index (Phi) is 4.34. The average molecular weight is 279 g/mol. The van der Waals surface area contributed by atoms with Gasteiger partial charge in [-0.25, -0.2) is 9.59 Å². The van der Waals surface area contributed by atoms with Crippen LogP contribution in [0.2, 0.25) is 0 Å². The molecule has 0 aromatic carbocycles. The maximum atomic E-state index is 11.6. The van der Waals surface area contributed by atoms with Gasteiger partial charge in [0, 0.05) is 11.7 Å². The first kappa shape index (κ1) is 15.5. The van der Waals surface area contributed by atoms with Crippen LogP contribution in [0.5, 0.6) is 0 Å². The summed E-state index contributed by atoms with van der Waals surface area (Å²) in [4.78, 5) is 27.5.